The van der Waals surface area contributed by atoms with E-state index < -0.39 is 11.9 Å². The molecule has 0 aliphatic carbocycles. The van der Waals surface area contributed by atoms with Crippen molar-refractivity contribution in [1.29, 1.82) is 0 Å². The van der Waals surface area contributed by atoms with Crippen LogP contribution in [-0.4, -0.2) is 59.9 Å². The Hall–Kier alpha value is -1.88. The van der Waals surface area contributed by atoms with Crippen molar-refractivity contribution in [2.75, 3.05) is 32.8 Å². The molecule has 1 aromatic heterocycles. The van der Waals surface area contributed by atoms with Crippen LogP contribution in [0.4, 0.5) is 0 Å². The maximum absolute atomic E-state index is 12.1. The monoisotopic (exact) mass is 607 g/mol. The van der Waals surface area contributed by atoms with E-state index in [1.807, 2.05) is 30.3 Å². The summed E-state index contributed by atoms with van der Waals surface area (Å²) in [6, 6.07) is 21.7. The molecule has 1 aliphatic rings. The second kappa shape index (κ2) is 16.8. The fourth-order valence-corrected chi connectivity index (χ4v) is 6.30. The predicted octanol–water partition coefficient (Wildman–Crippen LogP) is 0.809. The topological polar surface area (TPSA) is 96.3 Å². The maximum atomic E-state index is 12.1. The normalized spacial score (nSPS) is 12.9. The molecule has 1 aliphatic heterocycles. The van der Waals surface area contributed by atoms with Gasteiger partial charge in [-0.2, -0.15) is 0 Å². The molecule has 7 nitrogen and oxygen atoms in total. The van der Waals surface area contributed by atoms with E-state index in [1.165, 1.54) is 12.8 Å². The zero-order chi connectivity index (χ0) is 27.9. The number of fused-ring (bicyclic) bond motifs is 1. The molecule has 0 amide bonds. The standard InChI is InChI=1S/C32H33NO6S.2Na.2H/c34-30(35)8-5-18-39-28-14-11-23(21-27(28)32(36)37)31-26(25-6-1-2-7-29(25)40-31)20-22-9-12-24(13-10-22)38-19-17-33-15-3-4-16-33;;;;/h1-2,6-7,9-14,21H,3-5,8,15-20H2,(H,34,35)(H,36,37);;;;/q;2*+1;2*-1. The van der Waals surface area contributed by atoms with Crippen LogP contribution in [0.5, 0.6) is 11.5 Å². The Morgan fingerprint density at radius 1 is 0.905 bits per heavy atom. The number of aliphatic carboxylic acids is 1. The molecule has 10 heteroatoms. The first kappa shape index (κ1) is 34.6. The van der Waals surface area contributed by atoms with Crippen LogP contribution in [0, 0.1) is 0 Å². The molecule has 5 rings (SSSR count). The summed E-state index contributed by atoms with van der Waals surface area (Å²) in [5.41, 5.74) is 3.17. The molecule has 0 atom stereocenters. The Kier molecular flexibility index (Phi) is 13.9. The van der Waals surface area contributed by atoms with Gasteiger partial charge in [0.05, 0.1) is 6.61 Å². The van der Waals surface area contributed by atoms with E-state index in [1.54, 1.807) is 23.5 Å². The molecule has 0 saturated carbocycles. The minimum absolute atomic E-state index is 0. The molecule has 1 fully saturated rings. The summed E-state index contributed by atoms with van der Waals surface area (Å²) in [5.74, 6) is -0.888. The largest absolute Gasteiger partial charge is 1.00 e. The molecule has 0 bridgehead atoms. The van der Waals surface area contributed by atoms with Crippen molar-refractivity contribution >= 4 is 33.4 Å². The number of aromatic carboxylic acids is 1. The first-order valence-electron chi connectivity index (χ1n) is 13.6. The van der Waals surface area contributed by atoms with Gasteiger partial charge in [0.2, 0.25) is 0 Å². The predicted molar refractivity (Wildman–Crippen MR) is 159 cm³/mol. The van der Waals surface area contributed by atoms with Crippen LogP contribution >= 0.6 is 11.3 Å². The van der Waals surface area contributed by atoms with Gasteiger partial charge in [-0.1, -0.05) is 30.3 Å². The van der Waals surface area contributed by atoms with Gasteiger partial charge in [0.1, 0.15) is 23.7 Å². The van der Waals surface area contributed by atoms with E-state index in [0.29, 0.717) is 19.4 Å². The number of nitrogens with zero attached hydrogens (tertiary/aromatic N) is 1. The molecule has 0 spiro atoms. The summed E-state index contributed by atoms with van der Waals surface area (Å²) in [5, 5.41) is 19.9. The van der Waals surface area contributed by atoms with Crippen molar-refractivity contribution < 1.29 is 91.2 Å². The fraction of sp³-hybridized carbons (Fsp3) is 0.312. The van der Waals surface area contributed by atoms with E-state index >= 15 is 0 Å². The van der Waals surface area contributed by atoms with E-state index in [2.05, 4.69) is 29.2 Å². The minimum Gasteiger partial charge on any atom is -1.00 e. The molecule has 0 unspecified atom stereocenters. The van der Waals surface area contributed by atoms with Crippen LogP contribution in [-0.2, 0) is 11.2 Å². The average molecular weight is 608 g/mol. The zero-order valence-corrected chi connectivity index (χ0v) is 29.1. The third-order valence-corrected chi connectivity index (χ3v) is 8.40. The van der Waals surface area contributed by atoms with Gasteiger partial charge in [-0.05, 0) is 97.2 Å². The van der Waals surface area contributed by atoms with Crippen LogP contribution in [0.2, 0.25) is 0 Å². The number of carboxylic acids is 2. The number of hydrogen-bond donors (Lipinski definition) is 2. The summed E-state index contributed by atoms with van der Waals surface area (Å²) in [7, 11) is 0. The fourth-order valence-electron chi connectivity index (χ4n) is 5.08. The van der Waals surface area contributed by atoms with Crippen molar-refractivity contribution in [2.24, 2.45) is 0 Å². The Morgan fingerprint density at radius 2 is 1.64 bits per heavy atom. The molecule has 2 heterocycles. The van der Waals surface area contributed by atoms with Crippen molar-refractivity contribution in [3.05, 3.63) is 83.4 Å². The summed E-state index contributed by atoms with van der Waals surface area (Å²) in [6.07, 6.45) is 3.52. The first-order chi connectivity index (χ1) is 19.5. The minimum atomic E-state index is -1.09. The van der Waals surface area contributed by atoms with E-state index in [9.17, 15) is 14.7 Å². The van der Waals surface area contributed by atoms with Gasteiger partial charge < -0.3 is 22.5 Å². The number of carbonyl (C=O) groups is 2. The SMILES string of the molecule is O=C(O)CCCOc1ccc(-c2sc3ccccc3c2Cc2ccc(OCCN3CCCC3)cc2)cc1C(=O)O.[H-].[H-].[Na+].[Na+]. The van der Waals surface area contributed by atoms with Gasteiger partial charge in [0.25, 0.3) is 0 Å². The maximum Gasteiger partial charge on any atom is 1.00 e. The summed E-state index contributed by atoms with van der Waals surface area (Å²) >= 11 is 1.65. The Balaban J connectivity index is 0.00000242. The smallest absolute Gasteiger partial charge is 1.00 e. The van der Waals surface area contributed by atoms with Gasteiger partial charge in [0, 0.05) is 22.5 Å². The summed E-state index contributed by atoms with van der Waals surface area (Å²) in [6.45, 7) is 4.10. The van der Waals surface area contributed by atoms with Gasteiger partial charge in [-0.25, -0.2) is 4.79 Å². The number of benzene rings is 3. The molecule has 212 valence electrons. The number of hydrogen-bond acceptors (Lipinski definition) is 6. The van der Waals surface area contributed by atoms with Gasteiger partial charge >= 0.3 is 71.1 Å². The van der Waals surface area contributed by atoms with E-state index in [0.717, 1.165) is 57.0 Å². The van der Waals surface area contributed by atoms with Gasteiger partial charge in [-0.3, -0.25) is 9.69 Å². The quantitative estimate of drug-likeness (QED) is 0.172. The van der Waals surface area contributed by atoms with Crippen LogP contribution in [0.15, 0.2) is 66.7 Å². The molecular weight excluding hydrogens is 572 g/mol. The molecule has 3 aromatic carbocycles. The third-order valence-electron chi connectivity index (χ3n) is 7.14. The second-order valence-electron chi connectivity index (χ2n) is 9.99. The van der Waals surface area contributed by atoms with Crippen molar-refractivity contribution in [2.45, 2.75) is 32.1 Å². The third kappa shape index (κ3) is 9.07. The van der Waals surface area contributed by atoms with Crippen LogP contribution < -0.4 is 68.6 Å². The van der Waals surface area contributed by atoms with Crippen LogP contribution in [0.3, 0.4) is 0 Å². The van der Waals surface area contributed by atoms with Crippen LogP contribution in [0.25, 0.3) is 20.5 Å². The average Bonchev–Trinajstić information content (AvgIpc) is 3.60. The Bertz CT molecular complexity index is 1500. The molecule has 1 saturated heterocycles. The number of carboxylic acid groups (broad SMARTS) is 2. The zero-order valence-electron chi connectivity index (χ0n) is 26.3. The Labute approximate surface area is 297 Å². The second-order valence-corrected chi connectivity index (χ2v) is 11.0. The molecule has 4 aromatic rings. The van der Waals surface area contributed by atoms with Crippen molar-refractivity contribution in [1.82, 2.24) is 4.90 Å². The number of thiophene rings is 1. The van der Waals surface area contributed by atoms with Crippen molar-refractivity contribution in [3.8, 4) is 21.9 Å². The molecule has 0 radical (unpaired) electrons. The first-order valence-corrected chi connectivity index (χ1v) is 14.5. The van der Waals surface area contributed by atoms with Crippen molar-refractivity contribution in [3.63, 3.8) is 0 Å². The number of likely N-dealkylation sites (tertiary alicyclic amines) is 1. The Morgan fingerprint density at radius 3 is 2.36 bits per heavy atom. The number of rotatable bonds is 13. The molecular formula is C32H35NNa2O6S. The summed E-state index contributed by atoms with van der Waals surface area (Å²) in [4.78, 5) is 26.3. The summed E-state index contributed by atoms with van der Waals surface area (Å²) < 4.78 is 12.8. The molecule has 2 N–H and O–H groups in total. The van der Waals surface area contributed by atoms with Gasteiger partial charge in [-0.15, -0.1) is 11.3 Å². The van der Waals surface area contributed by atoms with Gasteiger partial charge in [0.15, 0.2) is 0 Å². The van der Waals surface area contributed by atoms with E-state index in [-0.39, 0.29) is 86.3 Å². The number of ether oxygens (including phenoxy) is 2. The molecule has 42 heavy (non-hydrogen) atoms. The van der Waals surface area contributed by atoms with Crippen LogP contribution in [0.1, 0.15) is 50.0 Å². The van der Waals surface area contributed by atoms with E-state index in [4.69, 9.17) is 14.6 Å².